The molecule has 92 valence electrons. The molecule has 17 heavy (non-hydrogen) atoms. The average Bonchev–Trinajstić information content (AvgIpc) is 2.36. The Bertz CT molecular complexity index is 362. The van der Waals surface area contributed by atoms with Gasteiger partial charge in [0.15, 0.2) is 0 Å². The summed E-state index contributed by atoms with van der Waals surface area (Å²) in [5, 5.41) is 3.64. The second kappa shape index (κ2) is 4.79. The number of nitrogens with zero attached hydrogens (tertiary/aromatic N) is 1. The second-order valence-electron chi connectivity index (χ2n) is 5.74. The lowest BCUT2D eigenvalue weighted by Crippen LogP contribution is -2.54. The van der Waals surface area contributed by atoms with Crippen LogP contribution in [0, 0.1) is 11.8 Å². The van der Waals surface area contributed by atoms with Crippen LogP contribution in [0.4, 0.5) is 0 Å². The van der Waals surface area contributed by atoms with Crippen LogP contribution in [0.2, 0.25) is 0 Å². The fourth-order valence-electron chi connectivity index (χ4n) is 3.35. The Hall–Kier alpha value is -0.860. The van der Waals surface area contributed by atoms with Crippen LogP contribution >= 0.6 is 0 Å². The van der Waals surface area contributed by atoms with Gasteiger partial charge in [0.2, 0.25) is 0 Å². The first-order chi connectivity index (χ1) is 8.31. The minimum Gasteiger partial charge on any atom is -0.314 e. The summed E-state index contributed by atoms with van der Waals surface area (Å²) in [4.78, 5) is 2.64. The lowest BCUT2D eigenvalue weighted by Gasteiger charge is -2.45. The number of rotatable bonds is 2. The molecule has 0 aromatic heterocycles. The van der Waals surface area contributed by atoms with Gasteiger partial charge in [0, 0.05) is 25.7 Å². The third-order valence-corrected chi connectivity index (χ3v) is 4.33. The topological polar surface area (TPSA) is 15.3 Å². The molecule has 3 rings (SSSR count). The summed E-state index contributed by atoms with van der Waals surface area (Å²) < 4.78 is 0. The van der Waals surface area contributed by atoms with E-state index in [-0.39, 0.29) is 0 Å². The Balaban J connectivity index is 1.65. The van der Waals surface area contributed by atoms with Crippen LogP contribution in [-0.4, -0.2) is 30.6 Å². The van der Waals surface area contributed by atoms with Gasteiger partial charge in [-0.05, 0) is 37.3 Å². The lowest BCUT2D eigenvalue weighted by molar-refractivity contribution is 0.0681. The van der Waals surface area contributed by atoms with Crippen molar-refractivity contribution in [1.29, 1.82) is 0 Å². The van der Waals surface area contributed by atoms with Gasteiger partial charge >= 0.3 is 0 Å². The molecular formula is C15H22N2. The van der Waals surface area contributed by atoms with E-state index < -0.39 is 0 Å². The fraction of sp³-hybridized carbons (Fsp3) is 0.600. The van der Waals surface area contributed by atoms with Crippen molar-refractivity contribution in [3.63, 3.8) is 0 Å². The van der Waals surface area contributed by atoms with E-state index in [2.05, 4.69) is 47.5 Å². The van der Waals surface area contributed by atoms with Gasteiger partial charge in [-0.15, -0.1) is 0 Å². The van der Waals surface area contributed by atoms with Crippen molar-refractivity contribution in [2.24, 2.45) is 11.8 Å². The molecule has 0 spiro atoms. The van der Waals surface area contributed by atoms with Gasteiger partial charge in [0.05, 0.1) is 0 Å². The van der Waals surface area contributed by atoms with Crippen LogP contribution in [0.5, 0.6) is 0 Å². The molecule has 2 saturated heterocycles. The highest BCUT2D eigenvalue weighted by molar-refractivity contribution is 5.14. The average molecular weight is 230 g/mol. The van der Waals surface area contributed by atoms with E-state index in [1.165, 1.54) is 31.6 Å². The van der Waals surface area contributed by atoms with Crippen molar-refractivity contribution >= 4 is 0 Å². The monoisotopic (exact) mass is 230 g/mol. The van der Waals surface area contributed by atoms with Crippen LogP contribution in [0.15, 0.2) is 30.3 Å². The molecule has 1 N–H and O–H groups in total. The van der Waals surface area contributed by atoms with Crippen molar-refractivity contribution in [3.05, 3.63) is 35.9 Å². The van der Waals surface area contributed by atoms with Gasteiger partial charge in [0.25, 0.3) is 0 Å². The largest absolute Gasteiger partial charge is 0.314 e. The molecule has 2 aliphatic heterocycles. The smallest absolute Gasteiger partial charge is 0.0233 e. The van der Waals surface area contributed by atoms with Gasteiger partial charge < -0.3 is 5.32 Å². The Morgan fingerprint density at radius 2 is 2.06 bits per heavy atom. The SMILES string of the molecule is C[C@@H]1NC[C@@H]2C[C@H]1CN(Cc1ccccc1)C2. The van der Waals surface area contributed by atoms with Crippen LogP contribution < -0.4 is 5.32 Å². The van der Waals surface area contributed by atoms with Gasteiger partial charge in [-0.25, -0.2) is 0 Å². The first-order valence-electron chi connectivity index (χ1n) is 6.81. The maximum atomic E-state index is 3.64. The van der Waals surface area contributed by atoms with Crippen LogP contribution in [0.25, 0.3) is 0 Å². The molecule has 2 fully saturated rings. The molecule has 0 saturated carbocycles. The van der Waals surface area contributed by atoms with Crippen molar-refractivity contribution < 1.29 is 0 Å². The molecule has 0 aliphatic carbocycles. The summed E-state index contributed by atoms with van der Waals surface area (Å²) in [6.07, 6.45) is 1.43. The highest BCUT2D eigenvalue weighted by Crippen LogP contribution is 2.28. The van der Waals surface area contributed by atoms with E-state index in [0.717, 1.165) is 18.4 Å². The summed E-state index contributed by atoms with van der Waals surface area (Å²) in [5.74, 6) is 1.72. The molecular weight excluding hydrogens is 208 g/mol. The maximum absolute atomic E-state index is 3.64. The second-order valence-corrected chi connectivity index (χ2v) is 5.74. The van der Waals surface area contributed by atoms with Crippen LogP contribution in [0.3, 0.4) is 0 Å². The number of fused-ring (bicyclic) bond motifs is 2. The third-order valence-electron chi connectivity index (χ3n) is 4.33. The molecule has 2 heterocycles. The number of hydrogen-bond donors (Lipinski definition) is 1. The number of piperidine rings is 2. The van der Waals surface area contributed by atoms with Gasteiger partial charge in [0.1, 0.15) is 0 Å². The summed E-state index contributed by atoms with van der Waals surface area (Å²) in [6, 6.07) is 11.6. The Kier molecular flexibility index (Phi) is 3.17. The number of benzene rings is 1. The highest BCUT2D eigenvalue weighted by Gasteiger charge is 2.34. The van der Waals surface area contributed by atoms with E-state index >= 15 is 0 Å². The molecule has 2 heteroatoms. The van der Waals surface area contributed by atoms with E-state index in [1.54, 1.807) is 0 Å². The highest BCUT2D eigenvalue weighted by atomic mass is 15.2. The maximum Gasteiger partial charge on any atom is 0.0233 e. The van der Waals surface area contributed by atoms with Gasteiger partial charge in [-0.1, -0.05) is 30.3 Å². The molecule has 1 aromatic carbocycles. The number of likely N-dealkylation sites (tertiary alicyclic amines) is 1. The van der Waals surface area contributed by atoms with Gasteiger partial charge in [-0.2, -0.15) is 0 Å². The Morgan fingerprint density at radius 1 is 1.24 bits per heavy atom. The molecule has 3 atom stereocenters. The van der Waals surface area contributed by atoms with Crippen LogP contribution in [-0.2, 0) is 6.54 Å². The van der Waals surface area contributed by atoms with E-state index in [0.29, 0.717) is 6.04 Å². The Morgan fingerprint density at radius 3 is 2.88 bits per heavy atom. The molecule has 2 aliphatic rings. The number of hydrogen-bond acceptors (Lipinski definition) is 2. The zero-order chi connectivity index (χ0) is 11.7. The molecule has 0 amide bonds. The van der Waals surface area contributed by atoms with Crippen molar-refractivity contribution in [1.82, 2.24) is 10.2 Å². The van der Waals surface area contributed by atoms with Crippen molar-refractivity contribution in [2.45, 2.75) is 25.9 Å². The Labute approximate surface area is 104 Å². The summed E-state index contributed by atoms with van der Waals surface area (Å²) in [5.41, 5.74) is 1.45. The summed E-state index contributed by atoms with van der Waals surface area (Å²) in [6.45, 7) is 7.21. The van der Waals surface area contributed by atoms with E-state index in [4.69, 9.17) is 0 Å². The number of nitrogens with one attached hydrogen (secondary N) is 1. The first kappa shape index (κ1) is 11.2. The minimum atomic E-state index is 0.699. The molecule has 2 nitrogen and oxygen atoms in total. The molecule has 0 unspecified atom stereocenters. The summed E-state index contributed by atoms with van der Waals surface area (Å²) >= 11 is 0. The van der Waals surface area contributed by atoms with Crippen LogP contribution in [0.1, 0.15) is 18.9 Å². The lowest BCUT2D eigenvalue weighted by atomic mass is 9.81. The van der Waals surface area contributed by atoms with E-state index in [1.807, 2.05) is 0 Å². The molecule has 2 bridgehead atoms. The fourth-order valence-corrected chi connectivity index (χ4v) is 3.35. The zero-order valence-electron chi connectivity index (χ0n) is 10.6. The zero-order valence-corrected chi connectivity index (χ0v) is 10.6. The predicted octanol–water partition coefficient (Wildman–Crippen LogP) is 2.12. The van der Waals surface area contributed by atoms with E-state index in [9.17, 15) is 0 Å². The molecule has 1 aromatic rings. The minimum absolute atomic E-state index is 0.699. The van der Waals surface area contributed by atoms with Gasteiger partial charge in [-0.3, -0.25) is 4.90 Å². The standard InChI is InChI=1S/C15H22N2/c1-12-15-7-14(8-16-12)10-17(11-15)9-13-5-3-2-4-6-13/h2-6,12,14-16H,7-11H2,1H3/t12-,14-,15-/m0/s1. The van der Waals surface area contributed by atoms with Crippen molar-refractivity contribution in [3.8, 4) is 0 Å². The summed E-state index contributed by atoms with van der Waals surface area (Å²) in [7, 11) is 0. The normalized spacial score (nSPS) is 33.6. The van der Waals surface area contributed by atoms with Crippen molar-refractivity contribution in [2.75, 3.05) is 19.6 Å². The first-order valence-corrected chi connectivity index (χ1v) is 6.81. The third kappa shape index (κ3) is 2.53. The quantitative estimate of drug-likeness (QED) is 0.837. The molecule has 0 radical (unpaired) electrons. The predicted molar refractivity (Wildman–Crippen MR) is 70.8 cm³/mol.